The molecule has 10 heteroatoms. The van der Waals surface area contributed by atoms with Crippen molar-refractivity contribution >= 4 is 50.7 Å². The molecule has 0 aliphatic rings. The zero-order valence-corrected chi connectivity index (χ0v) is 23.9. The van der Waals surface area contributed by atoms with Crippen molar-refractivity contribution < 1.29 is 18.0 Å². The molecule has 0 fully saturated rings. The molecule has 0 aliphatic heterocycles. The zero-order valence-electron chi connectivity index (χ0n) is 21.5. The summed E-state index contributed by atoms with van der Waals surface area (Å²) in [5.74, 6) is -0.900. The second-order valence-electron chi connectivity index (χ2n) is 8.87. The molecule has 202 valence electrons. The first-order valence-corrected chi connectivity index (χ1v) is 14.7. The molecule has 3 aromatic rings. The van der Waals surface area contributed by atoms with Crippen LogP contribution in [0, 0.1) is 6.92 Å². The van der Waals surface area contributed by atoms with E-state index in [0.29, 0.717) is 33.4 Å². The van der Waals surface area contributed by atoms with Gasteiger partial charge >= 0.3 is 0 Å². The standard InChI is InChI=1S/C28H31Cl2N3O4S/c1-4-31-28(35)26(17-21-11-6-5-7-12-21)32(18-22-13-8-9-14-24(22)30)27(34)19-33(38(3,36)37)25-16-10-15-23(29)20(25)2/h5-16,26H,4,17-19H2,1-3H3,(H,31,35)/t26-/m0/s1. The van der Waals surface area contributed by atoms with E-state index in [1.54, 1.807) is 56.3 Å². The predicted molar refractivity (Wildman–Crippen MR) is 153 cm³/mol. The molecule has 3 aromatic carbocycles. The van der Waals surface area contributed by atoms with Gasteiger partial charge in [-0.1, -0.05) is 77.8 Å². The summed E-state index contributed by atoms with van der Waals surface area (Å²) in [4.78, 5) is 28.7. The van der Waals surface area contributed by atoms with Crippen LogP contribution in [-0.2, 0) is 32.6 Å². The number of sulfonamides is 1. The molecule has 0 unspecified atom stereocenters. The van der Waals surface area contributed by atoms with Crippen molar-refractivity contribution in [3.8, 4) is 0 Å². The fourth-order valence-corrected chi connectivity index (χ4v) is 5.38. The van der Waals surface area contributed by atoms with Gasteiger partial charge in [-0.3, -0.25) is 13.9 Å². The fraction of sp³-hybridized carbons (Fsp3) is 0.286. The van der Waals surface area contributed by atoms with Gasteiger partial charge in [0.15, 0.2) is 0 Å². The molecule has 0 bridgehead atoms. The molecular weight excluding hydrogens is 545 g/mol. The average Bonchev–Trinajstić information content (AvgIpc) is 2.87. The molecule has 0 radical (unpaired) electrons. The summed E-state index contributed by atoms with van der Waals surface area (Å²) in [5.41, 5.74) is 2.30. The Balaban J connectivity index is 2.08. The number of hydrogen-bond donors (Lipinski definition) is 1. The van der Waals surface area contributed by atoms with E-state index in [1.807, 2.05) is 30.3 Å². The number of carbonyl (C=O) groups is 2. The third-order valence-electron chi connectivity index (χ3n) is 6.11. The second-order valence-corrected chi connectivity index (χ2v) is 11.6. The summed E-state index contributed by atoms with van der Waals surface area (Å²) in [6.45, 7) is 3.35. The van der Waals surface area contributed by atoms with Crippen molar-refractivity contribution in [2.24, 2.45) is 0 Å². The first-order chi connectivity index (χ1) is 18.0. The van der Waals surface area contributed by atoms with E-state index in [-0.39, 0.29) is 18.9 Å². The largest absolute Gasteiger partial charge is 0.355 e. The van der Waals surface area contributed by atoms with Crippen LogP contribution in [0.3, 0.4) is 0 Å². The number of carbonyl (C=O) groups excluding carboxylic acids is 2. The van der Waals surface area contributed by atoms with Crippen molar-refractivity contribution in [3.05, 3.63) is 99.5 Å². The number of amides is 2. The first kappa shape index (κ1) is 29.5. The van der Waals surface area contributed by atoms with Crippen LogP contribution in [0.1, 0.15) is 23.6 Å². The van der Waals surface area contributed by atoms with E-state index >= 15 is 0 Å². The smallest absolute Gasteiger partial charge is 0.244 e. The zero-order chi connectivity index (χ0) is 27.9. The highest BCUT2D eigenvalue weighted by atomic mass is 35.5. The number of benzene rings is 3. The first-order valence-electron chi connectivity index (χ1n) is 12.1. The Morgan fingerprint density at radius 1 is 0.921 bits per heavy atom. The summed E-state index contributed by atoms with van der Waals surface area (Å²) < 4.78 is 26.8. The molecule has 2 amide bonds. The van der Waals surface area contributed by atoms with Crippen molar-refractivity contribution in [1.29, 1.82) is 0 Å². The van der Waals surface area contributed by atoms with Crippen LogP contribution in [0.2, 0.25) is 10.0 Å². The summed E-state index contributed by atoms with van der Waals surface area (Å²) in [6, 6.07) is 20.3. The molecule has 0 spiro atoms. The van der Waals surface area contributed by atoms with Crippen LogP contribution < -0.4 is 9.62 Å². The molecular formula is C28H31Cl2N3O4S. The van der Waals surface area contributed by atoms with Crippen LogP contribution in [0.25, 0.3) is 0 Å². The lowest BCUT2D eigenvalue weighted by atomic mass is 10.0. The van der Waals surface area contributed by atoms with Gasteiger partial charge in [-0.25, -0.2) is 8.42 Å². The normalized spacial score (nSPS) is 12.0. The van der Waals surface area contributed by atoms with Gasteiger partial charge in [0, 0.05) is 29.6 Å². The molecule has 0 heterocycles. The molecule has 3 rings (SSSR count). The number of halogens is 2. The topological polar surface area (TPSA) is 86.8 Å². The highest BCUT2D eigenvalue weighted by Crippen LogP contribution is 2.29. The number of anilines is 1. The third kappa shape index (κ3) is 7.49. The van der Waals surface area contributed by atoms with Crippen LogP contribution >= 0.6 is 23.2 Å². The minimum Gasteiger partial charge on any atom is -0.355 e. The molecule has 0 saturated carbocycles. The van der Waals surface area contributed by atoms with Crippen LogP contribution in [0.15, 0.2) is 72.8 Å². The molecule has 0 aliphatic carbocycles. The summed E-state index contributed by atoms with van der Waals surface area (Å²) in [5, 5.41) is 3.63. The second kappa shape index (κ2) is 13.1. The Hall–Kier alpha value is -3.07. The number of nitrogens with one attached hydrogen (secondary N) is 1. The predicted octanol–water partition coefficient (Wildman–Crippen LogP) is 4.84. The lowest BCUT2D eigenvalue weighted by Crippen LogP contribution is -2.53. The molecule has 7 nitrogen and oxygen atoms in total. The number of hydrogen-bond acceptors (Lipinski definition) is 4. The van der Waals surface area contributed by atoms with E-state index in [4.69, 9.17) is 23.2 Å². The summed E-state index contributed by atoms with van der Waals surface area (Å²) in [6.07, 6.45) is 1.27. The maximum absolute atomic E-state index is 14.0. The van der Waals surface area contributed by atoms with Crippen molar-refractivity contribution in [3.63, 3.8) is 0 Å². The molecule has 1 atom stereocenters. The van der Waals surface area contributed by atoms with E-state index in [0.717, 1.165) is 16.1 Å². The lowest BCUT2D eigenvalue weighted by Gasteiger charge is -2.34. The maximum atomic E-state index is 14.0. The van der Waals surface area contributed by atoms with Crippen LogP contribution in [0.4, 0.5) is 5.69 Å². The van der Waals surface area contributed by atoms with Crippen molar-refractivity contribution in [1.82, 2.24) is 10.2 Å². The third-order valence-corrected chi connectivity index (χ3v) is 8.01. The minimum atomic E-state index is -3.88. The molecule has 0 aromatic heterocycles. The van der Waals surface area contributed by atoms with Gasteiger partial charge < -0.3 is 10.2 Å². The van der Waals surface area contributed by atoms with Gasteiger partial charge in [0.25, 0.3) is 0 Å². The molecule has 38 heavy (non-hydrogen) atoms. The monoisotopic (exact) mass is 575 g/mol. The SMILES string of the molecule is CCNC(=O)[C@H](Cc1ccccc1)N(Cc1ccccc1Cl)C(=O)CN(c1cccc(Cl)c1C)S(C)(=O)=O. The van der Waals surface area contributed by atoms with E-state index in [1.165, 1.54) is 4.90 Å². The molecule has 1 N–H and O–H groups in total. The van der Waals surface area contributed by atoms with Crippen molar-refractivity contribution in [2.45, 2.75) is 32.9 Å². The summed E-state index contributed by atoms with van der Waals surface area (Å²) in [7, 11) is -3.88. The number of nitrogens with zero attached hydrogens (tertiary/aromatic N) is 2. The van der Waals surface area contributed by atoms with E-state index < -0.39 is 28.5 Å². The minimum absolute atomic E-state index is 0.0132. The van der Waals surface area contributed by atoms with Gasteiger partial charge in [-0.15, -0.1) is 0 Å². The Morgan fingerprint density at radius 3 is 2.18 bits per heavy atom. The number of likely N-dealkylation sites (N-methyl/N-ethyl adjacent to an activating group) is 1. The fourth-order valence-electron chi connectivity index (χ4n) is 4.12. The highest BCUT2D eigenvalue weighted by Gasteiger charge is 2.33. The van der Waals surface area contributed by atoms with Crippen LogP contribution in [0.5, 0.6) is 0 Å². The highest BCUT2D eigenvalue weighted by molar-refractivity contribution is 7.92. The van der Waals surface area contributed by atoms with Gasteiger partial charge in [-0.05, 0) is 48.7 Å². The van der Waals surface area contributed by atoms with Gasteiger partial charge in [0.2, 0.25) is 21.8 Å². The lowest BCUT2D eigenvalue weighted by molar-refractivity contribution is -0.140. The average molecular weight is 577 g/mol. The quantitative estimate of drug-likeness (QED) is 0.354. The van der Waals surface area contributed by atoms with E-state index in [9.17, 15) is 18.0 Å². The molecule has 0 saturated heterocycles. The Bertz CT molecular complexity index is 1380. The Labute approximate surface area is 234 Å². The maximum Gasteiger partial charge on any atom is 0.244 e. The number of rotatable bonds is 11. The van der Waals surface area contributed by atoms with Gasteiger partial charge in [0.05, 0.1) is 11.9 Å². The van der Waals surface area contributed by atoms with Gasteiger partial charge in [0.1, 0.15) is 12.6 Å². The van der Waals surface area contributed by atoms with Gasteiger partial charge in [-0.2, -0.15) is 0 Å². The van der Waals surface area contributed by atoms with E-state index in [2.05, 4.69) is 5.32 Å². The van der Waals surface area contributed by atoms with Crippen molar-refractivity contribution in [2.75, 3.05) is 23.7 Å². The Kier molecular flexibility index (Phi) is 10.2. The summed E-state index contributed by atoms with van der Waals surface area (Å²) >= 11 is 12.7. The Morgan fingerprint density at radius 2 is 1.55 bits per heavy atom. The van der Waals surface area contributed by atoms with Crippen LogP contribution in [-0.4, -0.2) is 50.5 Å².